The minimum atomic E-state index is -5.33. The van der Waals surface area contributed by atoms with Crippen LogP contribution in [0.4, 0.5) is 0 Å². The van der Waals surface area contributed by atoms with Gasteiger partial charge in [0.25, 0.3) is 0 Å². The van der Waals surface area contributed by atoms with Crippen molar-refractivity contribution >= 4 is 23.5 Å². The van der Waals surface area contributed by atoms with Gasteiger partial charge in [0.15, 0.2) is 0 Å². The van der Waals surface area contributed by atoms with Crippen LogP contribution in [-0.2, 0) is 27.3 Å². The van der Waals surface area contributed by atoms with Crippen LogP contribution < -0.4 is 0 Å². The summed E-state index contributed by atoms with van der Waals surface area (Å²) in [5.41, 5.74) is 0. The first-order valence-corrected chi connectivity index (χ1v) is 9.70. The second kappa shape index (κ2) is 8.38. The lowest BCUT2D eigenvalue weighted by molar-refractivity contribution is -0.0826. The van der Waals surface area contributed by atoms with Gasteiger partial charge in [0.1, 0.15) is 18.3 Å². The van der Waals surface area contributed by atoms with Crippen molar-refractivity contribution in [3.8, 4) is 0 Å². The van der Waals surface area contributed by atoms with E-state index in [4.69, 9.17) is 34.5 Å². The first-order chi connectivity index (χ1) is 9.64. The Bertz CT molecular complexity index is 473. The maximum absolute atomic E-state index is 10.8. The van der Waals surface area contributed by atoms with Crippen LogP contribution in [0.2, 0.25) is 0 Å². The average molecular weight is 392 g/mol. The van der Waals surface area contributed by atoms with Gasteiger partial charge in [0.05, 0.1) is 13.2 Å². The highest BCUT2D eigenvalue weighted by Gasteiger charge is 2.40. The molecule has 0 bridgehead atoms. The predicted molar refractivity (Wildman–Crippen MR) is 64.9 cm³/mol. The molecular formula is C5H15O14P3. The Morgan fingerprint density at radius 1 is 0.818 bits per heavy atom. The molecule has 3 atom stereocenters. The molecule has 0 amide bonds. The van der Waals surface area contributed by atoms with Crippen molar-refractivity contribution in [1.82, 2.24) is 0 Å². The number of aliphatic hydroxyl groups is 2. The smallest absolute Gasteiger partial charge is 0.394 e. The van der Waals surface area contributed by atoms with Crippen molar-refractivity contribution in [2.75, 3.05) is 13.2 Å². The maximum atomic E-state index is 10.8. The highest BCUT2D eigenvalue weighted by molar-refractivity contribution is 7.47. The van der Waals surface area contributed by atoms with E-state index in [0.29, 0.717) is 0 Å². The lowest BCUT2D eigenvalue weighted by Gasteiger charge is -2.29. The quantitative estimate of drug-likeness (QED) is 0.178. The molecule has 0 aromatic rings. The van der Waals surface area contributed by atoms with Crippen molar-refractivity contribution in [2.45, 2.75) is 18.3 Å². The highest BCUT2D eigenvalue weighted by Crippen LogP contribution is 2.45. The number of hydrogen-bond acceptors (Lipinski definition) is 8. The summed E-state index contributed by atoms with van der Waals surface area (Å²) in [5, 5.41) is 18.1. The Kier molecular flexibility index (Phi) is 8.47. The summed E-state index contributed by atoms with van der Waals surface area (Å²) in [5.74, 6) is 0. The zero-order chi connectivity index (χ0) is 17.8. The third-order valence-corrected chi connectivity index (χ3v) is 3.42. The van der Waals surface area contributed by atoms with Crippen LogP contribution in [0.25, 0.3) is 0 Å². The summed E-state index contributed by atoms with van der Waals surface area (Å²) in [6, 6.07) is 0. The first kappa shape index (κ1) is 22.2. The maximum Gasteiger partial charge on any atom is 0.470 e. The molecule has 0 unspecified atom stereocenters. The zero-order valence-electron chi connectivity index (χ0n) is 10.5. The molecule has 0 fully saturated rings. The molecule has 17 heteroatoms. The molecular weight excluding hydrogens is 377 g/mol. The van der Waals surface area contributed by atoms with Crippen molar-refractivity contribution in [3.63, 3.8) is 0 Å². The second-order valence-corrected chi connectivity index (χ2v) is 7.35. The molecule has 0 rings (SSSR count). The van der Waals surface area contributed by atoms with E-state index < -0.39 is 55.0 Å². The fourth-order valence-electron chi connectivity index (χ4n) is 1.18. The van der Waals surface area contributed by atoms with E-state index in [1.165, 1.54) is 0 Å². The van der Waals surface area contributed by atoms with Crippen LogP contribution >= 0.6 is 23.5 Å². The Balaban J connectivity index is 5.38. The molecule has 0 heterocycles. The van der Waals surface area contributed by atoms with Crippen LogP contribution in [0.5, 0.6) is 0 Å². The summed E-state index contributed by atoms with van der Waals surface area (Å²) in [7, 11) is -15.8. The Labute approximate surface area is 123 Å². The van der Waals surface area contributed by atoms with E-state index >= 15 is 0 Å². The van der Waals surface area contributed by atoms with Crippen molar-refractivity contribution in [2.24, 2.45) is 0 Å². The van der Waals surface area contributed by atoms with Crippen LogP contribution in [0.1, 0.15) is 0 Å². The molecule has 22 heavy (non-hydrogen) atoms. The largest absolute Gasteiger partial charge is 0.470 e. The average Bonchev–Trinajstić information content (AvgIpc) is 2.27. The Morgan fingerprint density at radius 3 is 1.59 bits per heavy atom. The standard InChI is InChI=1S/C5H15O14P3/c6-1-3(7)5(19-22(14,15)16)4(18-21(11,12)13)2-17-20(8,9)10/h3-7H,1-2H2,(H2,8,9,10)(H2,11,12,13)(H2,14,15,16)/t3-,4-,5+/m1/s1. The summed E-state index contributed by atoms with van der Waals surface area (Å²) in [6.45, 7) is -2.50. The molecule has 0 aromatic heterocycles. The molecule has 0 aromatic carbocycles. The van der Waals surface area contributed by atoms with E-state index in [0.717, 1.165) is 0 Å². The van der Waals surface area contributed by atoms with Crippen molar-refractivity contribution in [1.29, 1.82) is 0 Å². The Morgan fingerprint density at radius 2 is 1.27 bits per heavy atom. The summed E-state index contributed by atoms with van der Waals surface area (Å²) in [6.07, 6.45) is -6.63. The Hall–Kier alpha value is 0.250. The van der Waals surface area contributed by atoms with E-state index in [-0.39, 0.29) is 0 Å². The van der Waals surface area contributed by atoms with Gasteiger partial charge in [0.2, 0.25) is 0 Å². The second-order valence-electron chi connectivity index (χ2n) is 3.73. The summed E-state index contributed by atoms with van der Waals surface area (Å²) >= 11 is 0. The highest BCUT2D eigenvalue weighted by atomic mass is 31.2. The van der Waals surface area contributed by atoms with Gasteiger partial charge in [-0.25, -0.2) is 13.7 Å². The molecule has 14 nitrogen and oxygen atoms in total. The minimum absolute atomic E-state index is 1.18. The van der Waals surface area contributed by atoms with Gasteiger partial charge in [-0.1, -0.05) is 0 Å². The van der Waals surface area contributed by atoms with Crippen molar-refractivity contribution < 1.29 is 66.8 Å². The van der Waals surface area contributed by atoms with Gasteiger partial charge in [-0.05, 0) is 0 Å². The van der Waals surface area contributed by atoms with Gasteiger partial charge in [-0.3, -0.25) is 13.6 Å². The van der Waals surface area contributed by atoms with Crippen LogP contribution in [-0.4, -0.2) is 71.1 Å². The van der Waals surface area contributed by atoms with E-state index in [1.54, 1.807) is 0 Å². The van der Waals surface area contributed by atoms with E-state index in [9.17, 15) is 18.8 Å². The zero-order valence-corrected chi connectivity index (χ0v) is 13.2. The molecule has 0 aliphatic heterocycles. The minimum Gasteiger partial charge on any atom is -0.394 e. The number of rotatable bonds is 10. The van der Waals surface area contributed by atoms with Crippen LogP contribution in [0.15, 0.2) is 0 Å². The van der Waals surface area contributed by atoms with E-state index in [1.807, 2.05) is 0 Å². The van der Waals surface area contributed by atoms with E-state index in [2.05, 4.69) is 13.6 Å². The lowest BCUT2D eigenvalue weighted by Crippen LogP contribution is -2.44. The van der Waals surface area contributed by atoms with Gasteiger partial charge < -0.3 is 39.6 Å². The molecule has 134 valence electrons. The van der Waals surface area contributed by atoms with Gasteiger partial charge in [-0.2, -0.15) is 0 Å². The molecule has 0 saturated heterocycles. The van der Waals surface area contributed by atoms with Gasteiger partial charge in [-0.15, -0.1) is 0 Å². The normalized spacial score (nSPS) is 18.0. The van der Waals surface area contributed by atoms with Crippen LogP contribution in [0, 0.1) is 0 Å². The molecule has 0 aliphatic carbocycles. The number of phosphoric ester groups is 3. The molecule has 0 aliphatic rings. The molecule has 0 radical (unpaired) electrons. The number of hydrogen-bond donors (Lipinski definition) is 8. The van der Waals surface area contributed by atoms with Crippen molar-refractivity contribution in [3.05, 3.63) is 0 Å². The number of phosphoric acid groups is 3. The molecule has 0 spiro atoms. The molecule has 8 N–H and O–H groups in total. The third-order valence-electron chi connectivity index (χ3n) is 1.87. The number of aliphatic hydroxyl groups excluding tert-OH is 2. The topological polar surface area (TPSA) is 241 Å². The first-order valence-electron chi connectivity index (χ1n) is 5.11. The third kappa shape index (κ3) is 10.9. The fourth-order valence-corrected chi connectivity index (χ4v) is 2.65. The summed E-state index contributed by atoms with van der Waals surface area (Å²) in [4.78, 5) is 51.7. The summed E-state index contributed by atoms with van der Waals surface area (Å²) < 4.78 is 44.1. The molecule has 0 saturated carbocycles. The van der Waals surface area contributed by atoms with Gasteiger partial charge >= 0.3 is 23.5 Å². The lowest BCUT2D eigenvalue weighted by atomic mass is 10.1. The predicted octanol–water partition coefficient (Wildman–Crippen LogP) is -2.60. The van der Waals surface area contributed by atoms with Crippen LogP contribution in [0.3, 0.4) is 0 Å². The van der Waals surface area contributed by atoms with Gasteiger partial charge in [0, 0.05) is 0 Å². The fraction of sp³-hybridized carbons (Fsp3) is 1.00. The SMILES string of the molecule is O=P(O)(O)OC[C@@H](OP(=O)(O)O)[C@@H](OP(=O)(O)O)[C@H](O)CO. The monoisotopic (exact) mass is 392 g/mol.